The zero-order chi connectivity index (χ0) is 19.8. The van der Waals surface area contributed by atoms with Crippen molar-refractivity contribution in [2.45, 2.75) is 38.8 Å². The minimum atomic E-state index is -1.44. The molecule has 0 amide bonds. The lowest BCUT2D eigenvalue weighted by Crippen LogP contribution is -2.37. The van der Waals surface area contributed by atoms with Crippen molar-refractivity contribution in [2.24, 2.45) is 4.99 Å². The highest BCUT2D eigenvalue weighted by molar-refractivity contribution is 5.97. The van der Waals surface area contributed by atoms with Gasteiger partial charge in [-0.25, -0.2) is 22.5 Å². The third kappa shape index (κ3) is 3.46. The Kier molecular flexibility index (Phi) is 5.01. The molecule has 1 N–H and O–H groups in total. The van der Waals surface area contributed by atoms with Gasteiger partial charge in [0, 0.05) is 44.2 Å². The van der Waals surface area contributed by atoms with Crippen LogP contribution in [-0.2, 0) is 19.5 Å². The molecule has 148 valence electrons. The van der Waals surface area contributed by atoms with E-state index in [1.54, 1.807) is 4.90 Å². The van der Waals surface area contributed by atoms with E-state index in [0.29, 0.717) is 36.6 Å². The highest BCUT2D eigenvalue weighted by Gasteiger charge is 2.26. The van der Waals surface area contributed by atoms with Crippen molar-refractivity contribution in [1.82, 2.24) is 14.9 Å². The Morgan fingerprint density at radius 2 is 1.82 bits per heavy atom. The second kappa shape index (κ2) is 7.46. The first kappa shape index (κ1) is 18.8. The van der Waals surface area contributed by atoms with Crippen molar-refractivity contribution in [3.63, 3.8) is 0 Å². The third-order valence-electron chi connectivity index (χ3n) is 5.13. The molecular formula is C19H18F4N4O. The number of hydrogen-bond acceptors (Lipinski definition) is 4. The van der Waals surface area contributed by atoms with Crippen LogP contribution in [0, 0.1) is 23.3 Å². The van der Waals surface area contributed by atoms with Gasteiger partial charge in [0.25, 0.3) is 5.56 Å². The number of fused-ring (bicyclic) bond motifs is 1. The fraction of sp³-hybridized carbons (Fsp3) is 0.421. The van der Waals surface area contributed by atoms with Crippen molar-refractivity contribution in [1.29, 1.82) is 0 Å². The fourth-order valence-electron chi connectivity index (χ4n) is 3.63. The molecule has 0 saturated carbocycles. The van der Waals surface area contributed by atoms with Crippen molar-refractivity contribution in [3.05, 3.63) is 62.3 Å². The molecule has 5 nitrogen and oxygen atoms in total. The Morgan fingerprint density at radius 1 is 1.07 bits per heavy atom. The molecule has 0 fully saturated rings. The molecule has 2 aliphatic heterocycles. The molecule has 0 unspecified atom stereocenters. The minimum Gasteiger partial charge on any atom is -0.305 e. The molecule has 28 heavy (non-hydrogen) atoms. The summed E-state index contributed by atoms with van der Waals surface area (Å²) in [6, 6.07) is 0.184. The van der Waals surface area contributed by atoms with Gasteiger partial charge in [-0.05, 0) is 19.3 Å². The number of aliphatic imine (C=N–C) groups is 1. The van der Waals surface area contributed by atoms with Crippen LogP contribution in [0.4, 0.5) is 17.6 Å². The van der Waals surface area contributed by atoms with E-state index in [1.165, 1.54) is 0 Å². The third-order valence-corrected chi connectivity index (χ3v) is 5.13. The fourth-order valence-corrected chi connectivity index (χ4v) is 3.63. The molecule has 2 aromatic rings. The van der Waals surface area contributed by atoms with Gasteiger partial charge in [0.05, 0.1) is 17.0 Å². The number of nitrogens with one attached hydrogen (secondary N) is 1. The summed E-state index contributed by atoms with van der Waals surface area (Å²) in [4.78, 5) is 25.8. The van der Waals surface area contributed by atoms with Crippen LogP contribution in [0.1, 0.15) is 41.9 Å². The molecule has 0 atom stereocenters. The van der Waals surface area contributed by atoms with Gasteiger partial charge in [-0.15, -0.1) is 0 Å². The van der Waals surface area contributed by atoms with Gasteiger partial charge in [0.15, 0.2) is 29.1 Å². The predicted octanol–water partition coefficient (Wildman–Crippen LogP) is 2.86. The quantitative estimate of drug-likeness (QED) is 0.643. The van der Waals surface area contributed by atoms with Gasteiger partial charge in [-0.1, -0.05) is 0 Å². The van der Waals surface area contributed by atoms with Crippen LogP contribution >= 0.6 is 0 Å². The van der Waals surface area contributed by atoms with E-state index in [-0.39, 0.29) is 24.7 Å². The first-order chi connectivity index (χ1) is 13.4. The molecule has 0 saturated heterocycles. The molecule has 1 aromatic heterocycles. The van der Waals surface area contributed by atoms with Gasteiger partial charge in [0.2, 0.25) is 0 Å². The lowest BCUT2D eigenvalue weighted by atomic mass is 10.0. The van der Waals surface area contributed by atoms with E-state index < -0.39 is 28.8 Å². The van der Waals surface area contributed by atoms with Gasteiger partial charge >= 0.3 is 0 Å². The molecule has 3 heterocycles. The first-order valence-corrected chi connectivity index (χ1v) is 9.14. The molecule has 9 heteroatoms. The van der Waals surface area contributed by atoms with E-state index in [4.69, 9.17) is 0 Å². The summed E-state index contributed by atoms with van der Waals surface area (Å²) in [5.41, 5.74) is 0.787. The van der Waals surface area contributed by atoms with Crippen molar-refractivity contribution >= 4 is 5.71 Å². The van der Waals surface area contributed by atoms with Crippen LogP contribution in [0.5, 0.6) is 0 Å². The van der Waals surface area contributed by atoms with Crippen LogP contribution in [0.15, 0.2) is 15.9 Å². The van der Waals surface area contributed by atoms with E-state index >= 15 is 0 Å². The Bertz CT molecular complexity index is 992. The summed E-state index contributed by atoms with van der Waals surface area (Å²) >= 11 is 0. The Labute approximate surface area is 158 Å². The number of H-pyrrole nitrogens is 1. The van der Waals surface area contributed by atoms with E-state index in [0.717, 1.165) is 25.0 Å². The Hall–Kier alpha value is -2.55. The Balaban J connectivity index is 1.59. The molecule has 0 bridgehead atoms. The zero-order valence-electron chi connectivity index (χ0n) is 15.0. The number of hydrogen-bond donors (Lipinski definition) is 1. The predicted molar refractivity (Wildman–Crippen MR) is 94.2 cm³/mol. The van der Waals surface area contributed by atoms with Crippen molar-refractivity contribution < 1.29 is 17.6 Å². The molecule has 0 radical (unpaired) electrons. The molecule has 1 aromatic carbocycles. The van der Waals surface area contributed by atoms with Crippen molar-refractivity contribution in [2.75, 3.05) is 13.1 Å². The summed E-state index contributed by atoms with van der Waals surface area (Å²) in [5.74, 6) is -5.24. The number of aromatic amines is 1. The first-order valence-electron chi connectivity index (χ1n) is 9.14. The van der Waals surface area contributed by atoms with E-state index in [1.807, 2.05) is 0 Å². The van der Waals surface area contributed by atoms with Gasteiger partial charge < -0.3 is 4.98 Å². The zero-order valence-corrected chi connectivity index (χ0v) is 15.0. The van der Waals surface area contributed by atoms with E-state index in [9.17, 15) is 22.4 Å². The van der Waals surface area contributed by atoms with Crippen molar-refractivity contribution in [3.8, 4) is 0 Å². The maximum absolute atomic E-state index is 13.9. The molecule has 2 aliphatic rings. The highest BCUT2D eigenvalue weighted by Crippen LogP contribution is 2.23. The lowest BCUT2D eigenvalue weighted by molar-refractivity contribution is 0.232. The number of benzene rings is 1. The maximum Gasteiger partial charge on any atom is 0.255 e. The number of nitrogens with zero attached hydrogens (tertiary/aromatic N) is 3. The van der Waals surface area contributed by atoms with Crippen LogP contribution in [-0.4, -0.2) is 33.7 Å². The summed E-state index contributed by atoms with van der Waals surface area (Å²) < 4.78 is 54.7. The summed E-state index contributed by atoms with van der Waals surface area (Å²) in [7, 11) is 0. The largest absolute Gasteiger partial charge is 0.305 e. The summed E-state index contributed by atoms with van der Waals surface area (Å²) in [6.07, 6.45) is 3.16. The smallest absolute Gasteiger partial charge is 0.255 e. The normalized spacial score (nSPS) is 17.4. The van der Waals surface area contributed by atoms with Crippen LogP contribution in [0.3, 0.4) is 0 Å². The average molecular weight is 394 g/mol. The second-order valence-electron chi connectivity index (χ2n) is 7.03. The van der Waals surface area contributed by atoms with Gasteiger partial charge in [-0.2, -0.15) is 0 Å². The average Bonchev–Trinajstić information content (AvgIpc) is 2.70. The number of halogens is 4. The molecular weight excluding hydrogens is 376 g/mol. The van der Waals surface area contributed by atoms with Crippen LogP contribution in [0.25, 0.3) is 0 Å². The number of rotatable bonds is 3. The van der Waals surface area contributed by atoms with E-state index in [2.05, 4.69) is 15.0 Å². The molecule has 0 aliphatic carbocycles. The highest BCUT2D eigenvalue weighted by atomic mass is 19.2. The monoisotopic (exact) mass is 394 g/mol. The van der Waals surface area contributed by atoms with Crippen LogP contribution in [0.2, 0.25) is 0 Å². The Morgan fingerprint density at radius 3 is 2.50 bits per heavy atom. The second-order valence-corrected chi connectivity index (χ2v) is 7.03. The number of aromatic nitrogens is 2. The standard InChI is InChI=1S/C19H18F4N4O/c20-12-7-13(21)17(23)11(16(12)22)9-27-6-4-14-10(8-27)19(28)26-18(25-14)15-3-1-2-5-24-15/h7H,1-6,8-9H2,(H,25,26,28). The minimum absolute atomic E-state index is 0.0848. The van der Waals surface area contributed by atoms with Gasteiger partial charge in [0.1, 0.15) is 0 Å². The van der Waals surface area contributed by atoms with Gasteiger partial charge in [-0.3, -0.25) is 14.7 Å². The molecule has 0 spiro atoms. The topological polar surface area (TPSA) is 61.4 Å². The summed E-state index contributed by atoms with van der Waals surface area (Å²) in [6.45, 7) is 0.804. The lowest BCUT2D eigenvalue weighted by Gasteiger charge is -2.28. The molecule has 4 rings (SSSR count). The maximum atomic E-state index is 13.9. The van der Waals surface area contributed by atoms with Crippen LogP contribution < -0.4 is 5.56 Å². The SMILES string of the molecule is O=c1[nH]c(C2=NCCCC2)nc2c1CN(Cc1c(F)c(F)cc(F)c1F)CC2. The summed E-state index contributed by atoms with van der Waals surface area (Å²) in [5, 5.41) is 0.